The van der Waals surface area contributed by atoms with Gasteiger partial charge in [0.1, 0.15) is 0 Å². The highest BCUT2D eigenvalue weighted by molar-refractivity contribution is 5.01. The van der Waals surface area contributed by atoms with Gasteiger partial charge in [0.25, 0.3) is 0 Å². The number of hydrogen-bond donors (Lipinski definition) is 1. The second-order valence-corrected chi connectivity index (χ2v) is 6.11. The van der Waals surface area contributed by atoms with Crippen LogP contribution in [0.1, 0.15) is 60.3 Å². The van der Waals surface area contributed by atoms with Crippen molar-refractivity contribution in [3.8, 4) is 0 Å². The zero-order valence-corrected chi connectivity index (χ0v) is 10.6. The SMILES string of the molecule is CC(C)C1(C(C)(C)C)CCCCCN1. The van der Waals surface area contributed by atoms with E-state index < -0.39 is 0 Å². The van der Waals surface area contributed by atoms with Crippen LogP contribution >= 0.6 is 0 Å². The maximum Gasteiger partial charge on any atom is 0.0252 e. The molecular weight excluding hydrogens is 170 g/mol. The van der Waals surface area contributed by atoms with Gasteiger partial charge in [-0.3, -0.25) is 0 Å². The highest BCUT2D eigenvalue weighted by Gasteiger charge is 2.43. The van der Waals surface area contributed by atoms with E-state index in [4.69, 9.17) is 0 Å². The lowest BCUT2D eigenvalue weighted by molar-refractivity contribution is 0.0786. The maximum atomic E-state index is 3.83. The molecule has 1 aliphatic heterocycles. The van der Waals surface area contributed by atoms with E-state index in [2.05, 4.69) is 39.9 Å². The molecule has 84 valence electrons. The van der Waals surface area contributed by atoms with Crippen LogP contribution in [-0.2, 0) is 0 Å². The molecule has 1 saturated heterocycles. The molecule has 0 amide bonds. The molecule has 1 fully saturated rings. The van der Waals surface area contributed by atoms with Gasteiger partial charge in [0.2, 0.25) is 0 Å². The van der Waals surface area contributed by atoms with Crippen LogP contribution in [0.4, 0.5) is 0 Å². The fourth-order valence-corrected chi connectivity index (χ4v) is 3.10. The van der Waals surface area contributed by atoms with Crippen LogP contribution in [-0.4, -0.2) is 12.1 Å². The van der Waals surface area contributed by atoms with Gasteiger partial charge in [0, 0.05) is 5.54 Å². The van der Waals surface area contributed by atoms with Gasteiger partial charge in [-0.05, 0) is 30.7 Å². The van der Waals surface area contributed by atoms with Crippen molar-refractivity contribution >= 4 is 0 Å². The normalized spacial score (nSPS) is 30.4. The topological polar surface area (TPSA) is 12.0 Å². The monoisotopic (exact) mass is 197 g/mol. The van der Waals surface area contributed by atoms with E-state index in [9.17, 15) is 0 Å². The molecule has 0 saturated carbocycles. The summed E-state index contributed by atoms with van der Waals surface area (Å²) in [5.41, 5.74) is 0.717. The number of rotatable bonds is 1. The molecule has 1 heterocycles. The van der Waals surface area contributed by atoms with E-state index in [1.54, 1.807) is 0 Å². The maximum absolute atomic E-state index is 3.83. The van der Waals surface area contributed by atoms with Gasteiger partial charge in [0.05, 0.1) is 0 Å². The summed E-state index contributed by atoms with van der Waals surface area (Å²) < 4.78 is 0. The summed E-state index contributed by atoms with van der Waals surface area (Å²) in [4.78, 5) is 0. The van der Waals surface area contributed by atoms with E-state index in [0.29, 0.717) is 11.0 Å². The van der Waals surface area contributed by atoms with Crippen LogP contribution in [0.25, 0.3) is 0 Å². The molecule has 0 aromatic carbocycles. The fourth-order valence-electron chi connectivity index (χ4n) is 3.10. The summed E-state index contributed by atoms with van der Waals surface area (Å²) in [6, 6.07) is 0. The lowest BCUT2D eigenvalue weighted by atomic mass is 9.65. The summed E-state index contributed by atoms with van der Waals surface area (Å²) in [6.07, 6.45) is 5.48. The molecule has 1 aliphatic rings. The van der Waals surface area contributed by atoms with E-state index in [-0.39, 0.29) is 0 Å². The summed E-state index contributed by atoms with van der Waals surface area (Å²) in [5.74, 6) is 0.723. The standard InChI is InChI=1S/C13H27N/c1-11(2)13(12(3,4)5)9-7-6-8-10-14-13/h11,14H,6-10H2,1-5H3. The average Bonchev–Trinajstić information content (AvgIpc) is 2.26. The first-order valence-corrected chi connectivity index (χ1v) is 6.15. The molecule has 1 atom stereocenters. The molecule has 1 rings (SSSR count). The van der Waals surface area contributed by atoms with Gasteiger partial charge >= 0.3 is 0 Å². The van der Waals surface area contributed by atoms with Crippen molar-refractivity contribution in [1.82, 2.24) is 5.32 Å². The van der Waals surface area contributed by atoms with Crippen LogP contribution in [0.15, 0.2) is 0 Å². The highest BCUT2D eigenvalue weighted by Crippen LogP contribution is 2.41. The third kappa shape index (κ3) is 2.13. The molecule has 0 spiro atoms. The highest BCUT2D eigenvalue weighted by atomic mass is 15.0. The summed E-state index contributed by atoms with van der Waals surface area (Å²) >= 11 is 0. The quantitative estimate of drug-likeness (QED) is 0.677. The van der Waals surface area contributed by atoms with Crippen molar-refractivity contribution in [2.45, 2.75) is 65.8 Å². The molecule has 0 aromatic heterocycles. The summed E-state index contributed by atoms with van der Waals surface area (Å²) in [6.45, 7) is 13.1. The third-order valence-electron chi connectivity index (χ3n) is 4.01. The zero-order valence-electron chi connectivity index (χ0n) is 10.6. The minimum absolute atomic E-state index is 0.351. The van der Waals surface area contributed by atoms with Crippen LogP contribution in [0, 0.1) is 11.3 Å². The van der Waals surface area contributed by atoms with Gasteiger partial charge in [-0.2, -0.15) is 0 Å². The smallest absolute Gasteiger partial charge is 0.0252 e. The largest absolute Gasteiger partial charge is 0.310 e. The number of nitrogens with one attached hydrogen (secondary N) is 1. The van der Waals surface area contributed by atoms with Crippen molar-refractivity contribution in [1.29, 1.82) is 0 Å². The first kappa shape index (κ1) is 12.0. The Kier molecular flexibility index (Phi) is 3.63. The molecule has 0 aromatic rings. The predicted molar refractivity (Wildman–Crippen MR) is 63.5 cm³/mol. The molecule has 1 nitrogen and oxygen atoms in total. The Morgan fingerprint density at radius 2 is 1.71 bits per heavy atom. The van der Waals surface area contributed by atoms with Crippen LogP contribution in [0.5, 0.6) is 0 Å². The predicted octanol–water partition coefficient (Wildman–Crippen LogP) is 3.59. The Hall–Kier alpha value is -0.0400. The van der Waals surface area contributed by atoms with Gasteiger partial charge in [-0.25, -0.2) is 0 Å². The average molecular weight is 197 g/mol. The molecule has 1 unspecified atom stereocenters. The summed E-state index contributed by atoms with van der Waals surface area (Å²) in [5, 5.41) is 3.83. The lowest BCUT2D eigenvalue weighted by Gasteiger charge is -2.48. The van der Waals surface area contributed by atoms with Crippen LogP contribution in [0.3, 0.4) is 0 Å². The van der Waals surface area contributed by atoms with Crippen molar-refractivity contribution in [3.05, 3.63) is 0 Å². The van der Waals surface area contributed by atoms with Gasteiger partial charge in [-0.1, -0.05) is 47.5 Å². The van der Waals surface area contributed by atoms with E-state index >= 15 is 0 Å². The summed E-state index contributed by atoms with van der Waals surface area (Å²) in [7, 11) is 0. The van der Waals surface area contributed by atoms with E-state index in [0.717, 1.165) is 5.92 Å². The Bertz CT molecular complexity index is 168. The molecule has 0 bridgehead atoms. The second-order valence-electron chi connectivity index (χ2n) is 6.11. The Labute approximate surface area is 89.7 Å². The fraction of sp³-hybridized carbons (Fsp3) is 1.00. The zero-order chi connectivity index (χ0) is 10.8. The van der Waals surface area contributed by atoms with Gasteiger partial charge in [-0.15, -0.1) is 0 Å². The van der Waals surface area contributed by atoms with Crippen LogP contribution < -0.4 is 5.32 Å². The van der Waals surface area contributed by atoms with Crippen LogP contribution in [0.2, 0.25) is 0 Å². The van der Waals surface area contributed by atoms with Crippen molar-refractivity contribution in [2.24, 2.45) is 11.3 Å². The van der Waals surface area contributed by atoms with Gasteiger partial charge in [0.15, 0.2) is 0 Å². The molecule has 1 N–H and O–H groups in total. The van der Waals surface area contributed by atoms with E-state index in [1.165, 1.54) is 32.2 Å². The number of hydrogen-bond acceptors (Lipinski definition) is 1. The minimum atomic E-state index is 0.351. The Morgan fingerprint density at radius 3 is 2.21 bits per heavy atom. The molecule has 0 aliphatic carbocycles. The van der Waals surface area contributed by atoms with Crippen molar-refractivity contribution in [3.63, 3.8) is 0 Å². The molecule has 14 heavy (non-hydrogen) atoms. The van der Waals surface area contributed by atoms with Crippen molar-refractivity contribution < 1.29 is 0 Å². The third-order valence-corrected chi connectivity index (χ3v) is 4.01. The molecule has 0 radical (unpaired) electrons. The second kappa shape index (κ2) is 4.22. The van der Waals surface area contributed by atoms with Crippen molar-refractivity contribution in [2.75, 3.05) is 6.54 Å². The Balaban J connectivity index is 2.89. The Morgan fingerprint density at radius 1 is 1.07 bits per heavy atom. The molecular formula is C13H27N. The first-order valence-electron chi connectivity index (χ1n) is 6.15. The first-order chi connectivity index (χ1) is 6.40. The lowest BCUT2D eigenvalue weighted by Crippen LogP contribution is -2.58. The van der Waals surface area contributed by atoms with E-state index in [1.807, 2.05) is 0 Å². The minimum Gasteiger partial charge on any atom is -0.310 e. The van der Waals surface area contributed by atoms with Gasteiger partial charge < -0.3 is 5.32 Å². The molecule has 1 heteroatoms.